The lowest BCUT2D eigenvalue weighted by atomic mass is 9.98. The van der Waals surface area contributed by atoms with Crippen molar-refractivity contribution in [3.8, 4) is 0 Å². The summed E-state index contributed by atoms with van der Waals surface area (Å²) in [6.07, 6.45) is 4.53. The van der Waals surface area contributed by atoms with Crippen molar-refractivity contribution >= 4 is 23.2 Å². The van der Waals surface area contributed by atoms with E-state index < -0.39 is 11.5 Å². The summed E-state index contributed by atoms with van der Waals surface area (Å²) in [5, 5.41) is 13.1. The third kappa shape index (κ3) is 2.85. The first-order valence-corrected chi connectivity index (χ1v) is 7.82. The lowest BCUT2D eigenvalue weighted by Crippen LogP contribution is -2.52. The van der Waals surface area contributed by atoms with Gasteiger partial charge in [-0.1, -0.05) is 19.8 Å². The van der Waals surface area contributed by atoms with Crippen LogP contribution >= 0.6 is 11.3 Å². The van der Waals surface area contributed by atoms with E-state index in [2.05, 4.69) is 17.2 Å². The molecule has 1 aliphatic carbocycles. The Kier molecular flexibility index (Phi) is 4.42. The molecule has 0 spiro atoms. The largest absolute Gasteiger partial charge is 0.480 e. The van der Waals surface area contributed by atoms with Gasteiger partial charge in [-0.25, -0.2) is 9.78 Å². The minimum atomic E-state index is -1.08. The van der Waals surface area contributed by atoms with E-state index in [0.717, 1.165) is 30.7 Å². The van der Waals surface area contributed by atoms with E-state index in [0.29, 0.717) is 23.4 Å². The molecule has 1 fully saturated rings. The molecule has 0 saturated heterocycles. The quantitative estimate of drug-likeness (QED) is 0.875. The van der Waals surface area contributed by atoms with Gasteiger partial charge in [0.25, 0.3) is 5.91 Å². The number of carboxylic acids is 1. The predicted octanol–water partition coefficient (Wildman–Crippen LogP) is 2.53. The van der Waals surface area contributed by atoms with Crippen LogP contribution in [0.3, 0.4) is 0 Å². The summed E-state index contributed by atoms with van der Waals surface area (Å²) in [7, 11) is 0. The molecule has 6 heteroatoms. The van der Waals surface area contributed by atoms with E-state index in [-0.39, 0.29) is 5.91 Å². The van der Waals surface area contributed by atoms with Gasteiger partial charge in [-0.05, 0) is 32.6 Å². The van der Waals surface area contributed by atoms with E-state index in [1.807, 2.05) is 0 Å². The minimum absolute atomic E-state index is 0.299. The Morgan fingerprint density at radius 3 is 2.60 bits per heavy atom. The maximum Gasteiger partial charge on any atom is 0.329 e. The van der Waals surface area contributed by atoms with Gasteiger partial charge in [-0.2, -0.15) is 0 Å². The monoisotopic (exact) mass is 296 g/mol. The average molecular weight is 296 g/mol. The maximum atomic E-state index is 12.3. The molecule has 1 heterocycles. The Morgan fingerprint density at radius 2 is 2.05 bits per heavy atom. The van der Waals surface area contributed by atoms with E-state index >= 15 is 0 Å². The van der Waals surface area contributed by atoms with Crippen LogP contribution in [0, 0.1) is 6.92 Å². The topological polar surface area (TPSA) is 79.3 Å². The second-order valence-electron chi connectivity index (χ2n) is 5.32. The van der Waals surface area contributed by atoms with E-state index in [9.17, 15) is 14.7 Å². The molecule has 0 atom stereocenters. The molecule has 20 heavy (non-hydrogen) atoms. The molecule has 1 amide bonds. The smallest absolute Gasteiger partial charge is 0.329 e. The predicted molar refractivity (Wildman–Crippen MR) is 77.1 cm³/mol. The molecule has 1 aliphatic rings. The number of rotatable bonds is 5. The Morgan fingerprint density at radius 1 is 1.40 bits per heavy atom. The standard InChI is InChI=1S/C14H20N2O3S/c1-3-6-10-15-9(2)11(20-10)12(17)16-14(13(18)19)7-4-5-8-14/h3-8H2,1-2H3,(H,16,17)(H,18,19). The number of hydrogen-bond acceptors (Lipinski definition) is 4. The van der Waals surface area contributed by atoms with Gasteiger partial charge in [0.05, 0.1) is 10.7 Å². The fraction of sp³-hybridized carbons (Fsp3) is 0.643. The third-order valence-electron chi connectivity index (χ3n) is 3.73. The summed E-state index contributed by atoms with van der Waals surface area (Å²) in [6, 6.07) is 0. The van der Waals surface area contributed by atoms with Gasteiger partial charge in [0.2, 0.25) is 0 Å². The highest BCUT2D eigenvalue weighted by Gasteiger charge is 2.43. The van der Waals surface area contributed by atoms with Crippen LogP contribution in [0.25, 0.3) is 0 Å². The number of amides is 1. The first-order chi connectivity index (χ1) is 9.48. The van der Waals surface area contributed by atoms with E-state index in [4.69, 9.17) is 0 Å². The molecule has 1 aromatic rings. The van der Waals surface area contributed by atoms with Gasteiger partial charge >= 0.3 is 5.97 Å². The number of nitrogens with one attached hydrogen (secondary N) is 1. The molecule has 0 radical (unpaired) electrons. The number of aryl methyl sites for hydroxylation is 2. The zero-order valence-electron chi connectivity index (χ0n) is 11.9. The van der Waals surface area contributed by atoms with Crippen molar-refractivity contribution in [1.29, 1.82) is 0 Å². The summed E-state index contributed by atoms with van der Waals surface area (Å²) >= 11 is 1.37. The lowest BCUT2D eigenvalue weighted by molar-refractivity contribution is -0.144. The SMILES string of the molecule is CCCc1nc(C)c(C(=O)NC2(C(=O)O)CCCC2)s1. The van der Waals surface area contributed by atoms with Crippen LogP contribution in [0.1, 0.15) is 59.4 Å². The Labute approximate surface area is 122 Å². The number of aromatic nitrogens is 1. The molecule has 0 aromatic carbocycles. The van der Waals surface area contributed by atoms with Crippen molar-refractivity contribution < 1.29 is 14.7 Å². The summed E-state index contributed by atoms with van der Waals surface area (Å²) in [4.78, 5) is 28.7. The van der Waals surface area contributed by atoms with E-state index in [1.165, 1.54) is 11.3 Å². The van der Waals surface area contributed by atoms with Gasteiger partial charge in [0, 0.05) is 0 Å². The molecular formula is C14H20N2O3S. The van der Waals surface area contributed by atoms with Gasteiger partial charge in [0.15, 0.2) is 0 Å². The Hall–Kier alpha value is -1.43. The van der Waals surface area contributed by atoms with Crippen LogP contribution in [-0.4, -0.2) is 27.5 Å². The number of carbonyl (C=O) groups is 2. The molecule has 2 rings (SSSR count). The Balaban J connectivity index is 2.17. The van der Waals surface area contributed by atoms with Crippen molar-refractivity contribution in [1.82, 2.24) is 10.3 Å². The van der Waals surface area contributed by atoms with Crippen LogP contribution < -0.4 is 5.32 Å². The minimum Gasteiger partial charge on any atom is -0.480 e. The molecular weight excluding hydrogens is 276 g/mol. The van der Waals surface area contributed by atoms with E-state index in [1.54, 1.807) is 6.92 Å². The molecule has 5 nitrogen and oxygen atoms in total. The number of carbonyl (C=O) groups excluding carboxylic acids is 1. The highest BCUT2D eigenvalue weighted by molar-refractivity contribution is 7.13. The number of carboxylic acid groups (broad SMARTS) is 1. The zero-order chi connectivity index (χ0) is 14.8. The van der Waals surface area contributed by atoms with Crippen molar-refractivity contribution in [2.24, 2.45) is 0 Å². The van der Waals surface area contributed by atoms with Crippen molar-refractivity contribution in [3.63, 3.8) is 0 Å². The van der Waals surface area contributed by atoms with Crippen LogP contribution in [0.15, 0.2) is 0 Å². The molecule has 0 aliphatic heterocycles. The van der Waals surface area contributed by atoms with Gasteiger partial charge in [-0.3, -0.25) is 4.79 Å². The summed E-state index contributed by atoms with van der Waals surface area (Å²) in [5.41, 5.74) is -0.396. The number of aliphatic carboxylic acids is 1. The molecule has 0 bridgehead atoms. The summed E-state index contributed by atoms with van der Waals surface area (Å²) in [5.74, 6) is -1.23. The van der Waals surface area contributed by atoms with Crippen LogP contribution in [0.4, 0.5) is 0 Å². The zero-order valence-corrected chi connectivity index (χ0v) is 12.7. The Bertz CT molecular complexity index is 518. The lowest BCUT2D eigenvalue weighted by Gasteiger charge is -2.24. The fourth-order valence-electron chi connectivity index (χ4n) is 2.63. The highest BCUT2D eigenvalue weighted by atomic mass is 32.1. The molecule has 110 valence electrons. The van der Waals surface area contributed by atoms with Crippen molar-refractivity contribution in [3.05, 3.63) is 15.6 Å². The highest BCUT2D eigenvalue weighted by Crippen LogP contribution is 2.31. The van der Waals surface area contributed by atoms with Crippen LogP contribution in [0.2, 0.25) is 0 Å². The summed E-state index contributed by atoms with van der Waals surface area (Å²) in [6.45, 7) is 3.86. The first-order valence-electron chi connectivity index (χ1n) is 7.01. The number of thiazole rings is 1. The molecule has 1 aromatic heterocycles. The van der Waals surface area contributed by atoms with Crippen LogP contribution in [0.5, 0.6) is 0 Å². The second-order valence-corrected chi connectivity index (χ2v) is 6.40. The second kappa shape index (κ2) is 5.91. The van der Waals surface area contributed by atoms with Gasteiger partial charge in [0.1, 0.15) is 10.4 Å². The molecule has 2 N–H and O–H groups in total. The van der Waals surface area contributed by atoms with Crippen molar-refractivity contribution in [2.45, 2.75) is 57.9 Å². The van der Waals surface area contributed by atoms with Crippen LogP contribution in [-0.2, 0) is 11.2 Å². The number of hydrogen-bond donors (Lipinski definition) is 2. The first kappa shape index (κ1) is 15.0. The van der Waals surface area contributed by atoms with Gasteiger partial charge < -0.3 is 10.4 Å². The van der Waals surface area contributed by atoms with Crippen molar-refractivity contribution in [2.75, 3.05) is 0 Å². The fourth-order valence-corrected chi connectivity index (χ4v) is 3.69. The normalized spacial score (nSPS) is 17.1. The van der Waals surface area contributed by atoms with Gasteiger partial charge in [-0.15, -0.1) is 11.3 Å². The summed E-state index contributed by atoms with van der Waals surface area (Å²) < 4.78 is 0. The maximum absolute atomic E-state index is 12.3. The number of nitrogens with zero attached hydrogens (tertiary/aromatic N) is 1. The molecule has 1 saturated carbocycles. The third-order valence-corrected chi connectivity index (χ3v) is 4.95. The average Bonchev–Trinajstić information content (AvgIpc) is 2.98. The molecule has 0 unspecified atom stereocenters.